The largest absolute Gasteiger partial charge is 0.389 e. The molecule has 0 aromatic heterocycles. The lowest BCUT2D eigenvalue weighted by molar-refractivity contribution is -0.116. The third kappa shape index (κ3) is 5.80. The summed E-state index contributed by atoms with van der Waals surface area (Å²) in [6.45, 7) is 23.0. The summed E-state index contributed by atoms with van der Waals surface area (Å²) in [6, 6.07) is 0. The van der Waals surface area contributed by atoms with Crippen LogP contribution < -0.4 is 0 Å². The van der Waals surface area contributed by atoms with E-state index in [-0.39, 0.29) is 24.6 Å². The standard InChI is InChI=1S/C13H22O3Si.C13H20O3Si/c2*1-5-6-15-13-11-9(8-16-13)7-10(14)12(11)17(2,3)4/h5,9-10,13-14H,1,6-8H2,2-4H3;5,9,13H,1,6-8H2,2-4H3/t9?,10-,13?;/m1./s1. The van der Waals surface area contributed by atoms with Gasteiger partial charge >= 0.3 is 0 Å². The Morgan fingerprint density at radius 2 is 1.44 bits per heavy atom. The molecule has 190 valence electrons. The van der Waals surface area contributed by atoms with Crippen LogP contribution in [0.15, 0.2) is 46.8 Å². The maximum absolute atomic E-state index is 12.1. The molecule has 4 unspecified atom stereocenters. The summed E-state index contributed by atoms with van der Waals surface area (Å²) in [5.41, 5.74) is 2.37. The lowest BCUT2D eigenvalue weighted by Gasteiger charge is -2.25. The van der Waals surface area contributed by atoms with E-state index in [1.54, 1.807) is 12.2 Å². The van der Waals surface area contributed by atoms with Gasteiger partial charge in [-0.05, 0) is 28.0 Å². The van der Waals surface area contributed by atoms with Crippen LogP contribution in [0.25, 0.3) is 0 Å². The summed E-state index contributed by atoms with van der Waals surface area (Å²) >= 11 is 0. The smallest absolute Gasteiger partial charge is 0.180 e. The zero-order valence-electron chi connectivity index (χ0n) is 21.7. The molecule has 2 aliphatic heterocycles. The molecule has 2 fully saturated rings. The number of rotatable bonds is 8. The fourth-order valence-electron chi connectivity index (χ4n) is 5.62. The van der Waals surface area contributed by atoms with Crippen LogP contribution in [-0.4, -0.2) is 72.1 Å². The average Bonchev–Trinajstić information content (AvgIpc) is 3.44. The van der Waals surface area contributed by atoms with Crippen LogP contribution in [0.5, 0.6) is 0 Å². The zero-order valence-corrected chi connectivity index (χ0v) is 23.7. The lowest BCUT2D eigenvalue weighted by Crippen LogP contribution is -2.32. The van der Waals surface area contributed by atoms with Crippen molar-refractivity contribution in [1.29, 1.82) is 0 Å². The van der Waals surface area contributed by atoms with Gasteiger partial charge in [-0.2, -0.15) is 0 Å². The molecule has 2 saturated heterocycles. The summed E-state index contributed by atoms with van der Waals surface area (Å²) in [5.74, 6) is 0.945. The van der Waals surface area contributed by atoms with Gasteiger partial charge in [0.15, 0.2) is 18.4 Å². The van der Waals surface area contributed by atoms with Crippen LogP contribution in [0.4, 0.5) is 0 Å². The molecule has 5 atom stereocenters. The quantitative estimate of drug-likeness (QED) is 0.388. The van der Waals surface area contributed by atoms with Crippen LogP contribution in [0, 0.1) is 11.8 Å². The maximum atomic E-state index is 12.1. The third-order valence-electron chi connectivity index (χ3n) is 6.73. The number of aliphatic hydroxyl groups is 1. The molecule has 2 aliphatic carbocycles. The molecular weight excluding hydrogens is 464 g/mol. The van der Waals surface area contributed by atoms with Crippen molar-refractivity contribution in [1.82, 2.24) is 0 Å². The fraction of sp³-hybridized carbons (Fsp3) is 0.654. The van der Waals surface area contributed by atoms with Gasteiger partial charge in [0.1, 0.15) is 0 Å². The number of allylic oxidation sites excluding steroid dienone is 1. The summed E-state index contributed by atoms with van der Waals surface area (Å²) in [5, 5.41) is 12.5. The maximum Gasteiger partial charge on any atom is 0.180 e. The van der Waals surface area contributed by atoms with E-state index in [1.807, 2.05) is 0 Å². The Bertz CT molecular complexity index is 863. The van der Waals surface area contributed by atoms with Crippen LogP contribution in [0.3, 0.4) is 0 Å². The summed E-state index contributed by atoms with van der Waals surface area (Å²) in [6.07, 6.45) is 4.02. The molecule has 0 radical (unpaired) electrons. The van der Waals surface area contributed by atoms with Gasteiger partial charge < -0.3 is 24.1 Å². The number of hydrogen-bond acceptors (Lipinski definition) is 6. The van der Waals surface area contributed by atoms with Gasteiger partial charge in [-0.15, -0.1) is 13.2 Å². The highest BCUT2D eigenvalue weighted by atomic mass is 28.3. The normalized spacial score (nSPS) is 30.9. The first-order valence-electron chi connectivity index (χ1n) is 12.3. The van der Waals surface area contributed by atoms with E-state index in [0.717, 1.165) is 17.2 Å². The van der Waals surface area contributed by atoms with Crippen molar-refractivity contribution in [2.45, 2.75) is 70.8 Å². The van der Waals surface area contributed by atoms with Gasteiger partial charge in [0.2, 0.25) is 0 Å². The van der Waals surface area contributed by atoms with Crippen LogP contribution in [0.2, 0.25) is 39.3 Å². The molecule has 34 heavy (non-hydrogen) atoms. The molecular formula is C26H42O6Si2. The molecule has 2 heterocycles. The van der Waals surface area contributed by atoms with E-state index in [4.69, 9.17) is 18.9 Å². The predicted molar refractivity (Wildman–Crippen MR) is 140 cm³/mol. The van der Waals surface area contributed by atoms with Crippen molar-refractivity contribution in [3.63, 3.8) is 0 Å². The van der Waals surface area contributed by atoms with Crippen LogP contribution in [-0.2, 0) is 23.7 Å². The minimum atomic E-state index is -1.61. The Morgan fingerprint density at radius 1 is 0.912 bits per heavy atom. The molecule has 0 saturated carbocycles. The highest BCUT2D eigenvalue weighted by Gasteiger charge is 2.47. The van der Waals surface area contributed by atoms with Gasteiger partial charge in [0.05, 0.1) is 48.7 Å². The van der Waals surface area contributed by atoms with Crippen LogP contribution >= 0.6 is 0 Å². The Labute approximate surface area is 206 Å². The number of ether oxygens (including phenoxy) is 4. The number of Topliss-reactive ketones (excluding diaryl/α,β-unsaturated/α-hetero) is 1. The number of fused-ring (bicyclic) bond motifs is 2. The van der Waals surface area contributed by atoms with E-state index in [9.17, 15) is 9.90 Å². The fourth-order valence-corrected chi connectivity index (χ4v) is 10.1. The Hall–Kier alpha value is -1.14. The second kappa shape index (κ2) is 10.9. The van der Waals surface area contributed by atoms with Crippen molar-refractivity contribution >= 4 is 21.9 Å². The Morgan fingerprint density at radius 3 is 1.94 bits per heavy atom. The molecule has 0 aromatic carbocycles. The number of carbonyl (C=O) groups is 1. The first-order chi connectivity index (χ1) is 15.9. The van der Waals surface area contributed by atoms with Crippen molar-refractivity contribution in [3.8, 4) is 0 Å². The molecule has 1 N–H and O–H groups in total. The molecule has 6 nitrogen and oxygen atoms in total. The molecule has 4 aliphatic rings. The minimum Gasteiger partial charge on any atom is -0.389 e. The summed E-state index contributed by atoms with van der Waals surface area (Å²) < 4.78 is 22.6. The van der Waals surface area contributed by atoms with Gasteiger partial charge in [0, 0.05) is 18.3 Å². The molecule has 0 amide bonds. The molecule has 0 spiro atoms. The first kappa shape index (κ1) is 27.5. The van der Waals surface area contributed by atoms with Gasteiger partial charge in [0.25, 0.3) is 0 Å². The number of aliphatic hydroxyl groups excluding tert-OH is 1. The molecule has 0 aromatic rings. The second-order valence-electron chi connectivity index (χ2n) is 11.5. The molecule has 0 bridgehead atoms. The van der Waals surface area contributed by atoms with E-state index in [2.05, 4.69) is 52.4 Å². The molecule has 8 heteroatoms. The Kier molecular flexibility index (Phi) is 8.77. The minimum absolute atomic E-state index is 0.253. The second-order valence-corrected chi connectivity index (χ2v) is 21.6. The van der Waals surface area contributed by atoms with E-state index in [1.165, 1.54) is 10.8 Å². The van der Waals surface area contributed by atoms with Gasteiger partial charge in [-0.3, -0.25) is 4.79 Å². The van der Waals surface area contributed by atoms with Gasteiger partial charge in [-0.1, -0.05) is 51.4 Å². The van der Waals surface area contributed by atoms with Crippen molar-refractivity contribution < 1.29 is 28.8 Å². The molecule has 4 rings (SSSR count). The number of carbonyl (C=O) groups excluding carboxylic acids is 1. The Balaban J connectivity index is 0.000000191. The number of ketones is 1. The average molecular weight is 507 g/mol. The zero-order chi connectivity index (χ0) is 25.3. The number of hydrogen-bond donors (Lipinski definition) is 1. The third-order valence-corrected chi connectivity index (χ3v) is 11.0. The topological polar surface area (TPSA) is 74.2 Å². The van der Waals surface area contributed by atoms with E-state index < -0.39 is 16.1 Å². The van der Waals surface area contributed by atoms with E-state index in [0.29, 0.717) is 44.5 Å². The monoisotopic (exact) mass is 506 g/mol. The summed E-state index contributed by atoms with van der Waals surface area (Å²) in [4.78, 5) is 12.1. The van der Waals surface area contributed by atoms with Crippen molar-refractivity contribution in [2.75, 3.05) is 26.4 Å². The summed E-state index contributed by atoms with van der Waals surface area (Å²) in [7, 11) is -3.12. The van der Waals surface area contributed by atoms with Gasteiger partial charge in [-0.25, -0.2) is 0 Å². The van der Waals surface area contributed by atoms with E-state index >= 15 is 0 Å². The van der Waals surface area contributed by atoms with Crippen LogP contribution in [0.1, 0.15) is 12.8 Å². The highest BCUT2D eigenvalue weighted by molar-refractivity contribution is 6.87. The lowest BCUT2D eigenvalue weighted by atomic mass is 10.1. The van der Waals surface area contributed by atoms with Crippen molar-refractivity contribution in [2.24, 2.45) is 11.8 Å². The predicted octanol–water partition coefficient (Wildman–Crippen LogP) is 4.41. The van der Waals surface area contributed by atoms with Crippen molar-refractivity contribution in [3.05, 3.63) is 46.8 Å². The first-order valence-corrected chi connectivity index (χ1v) is 19.3. The highest BCUT2D eigenvalue weighted by Crippen LogP contribution is 2.44. The SMILES string of the molecule is C=CCOC1OCC2CC(=O)C([Si](C)(C)C)=C21.C=CCOC1OCC2C[C@@H](O)C([Si](C)(C)C)=C21.